The normalized spacial score (nSPS) is 20.5. The fraction of sp³-hybridized carbons (Fsp3) is 0.900. The van der Waals surface area contributed by atoms with Crippen molar-refractivity contribution in [3.63, 3.8) is 0 Å². The van der Waals surface area contributed by atoms with Gasteiger partial charge in [0.2, 0.25) is 0 Å². The average Bonchev–Trinajstić information content (AvgIpc) is 2.53. The van der Waals surface area contributed by atoms with Gasteiger partial charge in [0.1, 0.15) is 5.60 Å². The smallest absolute Gasteiger partial charge is 0.410 e. The second-order valence-electron chi connectivity index (χ2n) is 10.4. The molecule has 0 bridgehead atoms. The number of carbonyl (C=O) groups excluding carboxylic acids is 2. The molecule has 0 atom stereocenters. The van der Waals surface area contributed by atoms with Crippen molar-refractivity contribution in [3.8, 4) is 0 Å². The SMILES string of the molecule is CC(C)(C)OC(=O)N1CCC2(CCN(C(=O)OCC[Si](C)(C)C)CC2)CC1. The Hall–Kier alpha value is -1.24. The fourth-order valence-corrected chi connectivity index (χ4v) is 4.40. The van der Waals surface area contributed by atoms with Crippen LogP contribution in [-0.2, 0) is 9.47 Å². The van der Waals surface area contributed by atoms with E-state index in [9.17, 15) is 9.59 Å². The lowest BCUT2D eigenvalue weighted by Crippen LogP contribution is -2.50. The second kappa shape index (κ2) is 8.41. The molecule has 2 amide bonds. The molecule has 2 rings (SSSR count). The number of piperidine rings is 2. The third-order valence-corrected chi connectivity index (χ3v) is 7.34. The van der Waals surface area contributed by atoms with Crippen molar-refractivity contribution in [1.82, 2.24) is 9.80 Å². The molecule has 0 unspecified atom stereocenters. The number of rotatable bonds is 3. The van der Waals surface area contributed by atoms with Crippen molar-refractivity contribution < 1.29 is 19.1 Å². The molecule has 2 aliphatic heterocycles. The van der Waals surface area contributed by atoms with Crippen LogP contribution in [0.15, 0.2) is 0 Å². The first-order valence-electron chi connectivity index (χ1n) is 10.3. The van der Waals surface area contributed by atoms with E-state index in [1.807, 2.05) is 30.6 Å². The summed E-state index contributed by atoms with van der Waals surface area (Å²) in [4.78, 5) is 28.2. The molecule has 1 spiro atoms. The van der Waals surface area contributed by atoms with E-state index in [1.54, 1.807) is 0 Å². The van der Waals surface area contributed by atoms with Gasteiger partial charge in [0.05, 0.1) is 6.61 Å². The van der Waals surface area contributed by atoms with E-state index in [1.165, 1.54) is 0 Å². The molecule has 0 aromatic rings. The Morgan fingerprint density at radius 3 is 1.74 bits per heavy atom. The maximum absolute atomic E-state index is 12.3. The van der Waals surface area contributed by atoms with Gasteiger partial charge in [0, 0.05) is 34.3 Å². The summed E-state index contributed by atoms with van der Waals surface area (Å²) in [6.07, 6.45) is 3.61. The Morgan fingerprint density at radius 2 is 1.33 bits per heavy atom. The van der Waals surface area contributed by atoms with Crippen LogP contribution >= 0.6 is 0 Å². The predicted octanol–water partition coefficient (Wildman–Crippen LogP) is 4.57. The molecule has 2 saturated heterocycles. The molecule has 2 heterocycles. The number of carbonyl (C=O) groups is 2. The highest BCUT2D eigenvalue weighted by Crippen LogP contribution is 2.41. The van der Waals surface area contributed by atoms with Gasteiger partial charge in [-0.2, -0.15) is 0 Å². The van der Waals surface area contributed by atoms with Crippen molar-refractivity contribution >= 4 is 20.3 Å². The molecule has 0 saturated carbocycles. The third kappa shape index (κ3) is 7.01. The first-order valence-corrected chi connectivity index (χ1v) is 14.0. The summed E-state index contributed by atoms with van der Waals surface area (Å²) in [6, 6.07) is 1.01. The molecule has 0 radical (unpaired) electrons. The van der Waals surface area contributed by atoms with E-state index >= 15 is 0 Å². The van der Waals surface area contributed by atoms with Crippen molar-refractivity contribution in [2.45, 2.75) is 77.7 Å². The van der Waals surface area contributed by atoms with Crippen molar-refractivity contribution in [2.24, 2.45) is 5.41 Å². The Balaban J connectivity index is 1.74. The Morgan fingerprint density at radius 1 is 0.889 bits per heavy atom. The van der Waals surface area contributed by atoms with Gasteiger partial charge in [-0.1, -0.05) is 19.6 Å². The molecular weight excluding hydrogens is 360 g/mol. The Labute approximate surface area is 165 Å². The first kappa shape index (κ1) is 22.1. The lowest BCUT2D eigenvalue weighted by atomic mass is 9.71. The van der Waals surface area contributed by atoms with Gasteiger partial charge in [0.15, 0.2) is 0 Å². The van der Waals surface area contributed by atoms with Crippen LogP contribution in [0.3, 0.4) is 0 Å². The van der Waals surface area contributed by atoms with Crippen LogP contribution in [0.2, 0.25) is 25.7 Å². The topological polar surface area (TPSA) is 59.1 Å². The molecule has 0 aromatic carbocycles. The van der Waals surface area contributed by atoms with Crippen LogP contribution < -0.4 is 0 Å². The maximum atomic E-state index is 12.3. The Bertz CT molecular complexity index is 521. The summed E-state index contributed by atoms with van der Waals surface area (Å²) >= 11 is 0. The summed E-state index contributed by atoms with van der Waals surface area (Å²) in [6.45, 7) is 16.1. The summed E-state index contributed by atoms with van der Waals surface area (Å²) in [5.74, 6) is 0. The van der Waals surface area contributed by atoms with E-state index < -0.39 is 13.7 Å². The third-order valence-electron chi connectivity index (χ3n) is 5.64. The molecule has 2 aliphatic rings. The molecule has 27 heavy (non-hydrogen) atoms. The van der Waals surface area contributed by atoms with Gasteiger partial charge in [-0.15, -0.1) is 0 Å². The van der Waals surface area contributed by atoms with E-state index in [2.05, 4.69) is 19.6 Å². The molecule has 156 valence electrons. The number of likely N-dealkylation sites (tertiary alicyclic amines) is 2. The molecule has 0 N–H and O–H groups in total. The lowest BCUT2D eigenvalue weighted by molar-refractivity contribution is -0.00227. The van der Waals surface area contributed by atoms with Gasteiger partial charge in [-0.3, -0.25) is 0 Å². The number of hydrogen-bond acceptors (Lipinski definition) is 4. The number of ether oxygens (including phenoxy) is 2. The zero-order valence-corrected chi connectivity index (χ0v) is 19.1. The first-order chi connectivity index (χ1) is 12.4. The molecule has 2 fully saturated rings. The molecule has 7 heteroatoms. The standard InChI is InChI=1S/C20H38N2O4Si/c1-19(2,3)26-18(24)22-13-9-20(10-14-22)7-11-21(12-8-20)17(23)25-15-16-27(4,5)6/h7-16H2,1-6H3. The largest absolute Gasteiger partial charge is 0.450 e. The monoisotopic (exact) mass is 398 g/mol. The van der Waals surface area contributed by atoms with E-state index in [-0.39, 0.29) is 17.6 Å². The van der Waals surface area contributed by atoms with Gasteiger partial charge < -0.3 is 19.3 Å². The minimum Gasteiger partial charge on any atom is -0.450 e. The minimum absolute atomic E-state index is 0.158. The van der Waals surface area contributed by atoms with E-state index in [0.717, 1.165) is 57.9 Å². The fourth-order valence-electron chi connectivity index (χ4n) is 3.69. The average molecular weight is 399 g/mol. The van der Waals surface area contributed by atoms with Crippen molar-refractivity contribution in [3.05, 3.63) is 0 Å². The summed E-state index contributed by atoms with van der Waals surface area (Å²) < 4.78 is 11.0. The predicted molar refractivity (Wildman–Crippen MR) is 110 cm³/mol. The van der Waals surface area contributed by atoms with Crippen LogP contribution in [0, 0.1) is 5.41 Å². The summed E-state index contributed by atoms with van der Waals surface area (Å²) in [7, 11) is -1.17. The highest BCUT2D eigenvalue weighted by molar-refractivity contribution is 6.76. The minimum atomic E-state index is -1.17. The molecule has 0 aliphatic carbocycles. The van der Waals surface area contributed by atoms with E-state index in [0.29, 0.717) is 6.61 Å². The van der Waals surface area contributed by atoms with Crippen molar-refractivity contribution in [1.29, 1.82) is 0 Å². The maximum Gasteiger partial charge on any atom is 0.410 e. The van der Waals surface area contributed by atoms with Crippen LogP contribution in [0.25, 0.3) is 0 Å². The lowest BCUT2D eigenvalue weighted by Gasteiger charge is -2.46. The highest BCUT2D eigenvalue weighted by atomic mass is 28.3. The zero-order chi connectivity index (χ0) is 20.3. The quantitative estimate of drug-likeness (QED) is 0.653. The van der Waals surface area contributed by atoms with Crippen LogP contribution in [0.4, 0.5) is 9.59 Å². The zero-order valence-electron chi connectivity index (χ0n) is 18.1. The van der Waals surface area contributed by atoms with Gasteiger partial charge >= 0.3 is 12.2 Å². The van der Waals surface area contributed by atoms with Gasteiger partial charge in [0.25, 0.3) is 0 Å². The second-order valence-corrected chi connectivity index (χ2v) is 16.0. The number of hydrogen-bond donors (Lipinski definition) is 0. The van der Waals surface area contributed by atoms with Crippen molar-refractivity contribution in [2.75, 3.05) is 32.8 Å². The van der Waals surface area contributed by atoms with Gasteiger partial charge in [-0.25, -0.2) is 9.59 Å². The molecule has 0 aromatic heterocycles. The molecule has 6 nitrogen and oxygen atoms in total. The van der Waals surface area contributed by atoms with E-state index in [4.69, 9.17) is 9.47 Å². The summed E-state index contributed by atoms with van der Waals surface area (Å²) in [5.41, 5.74) is -0.193. The van der Waals surface area contributed by atoms with Crippen LogP contribution in [0.5, 0.6) is 0 Å². The molecular formula is C20H38N2O4Si. The highest BCUT2D eigenvalue weighted by Gasteiger charge is 2.40. The summed E-state index contributed by atoms with van der Waals surface area (Å²) in [5, 5.41) is 0. The van der Waals surface area contributed by atoms with Crippen LogP contribution in [0.1, 0.15) is 46.5 Å². The van der Waals surface area contributed by atoms with Gasteiger partial charge in [-0.05, 0) is 57.9 Å². The Kier molecular flexibility index (Phi) is 6.87. The van der Waals surface area contributed by atoms with Crippen LogP contribution in [-0.4, -0.2) is 68.4 Å². The number of amides is 2. The number of nitrogens with zero attached hydrogens (tertiary/aromatic N) is 2.